The number of amides is 2. The van der Waals surface area contributed by atoms with Crippen molar-refractivity contribution in [3.8, 4) is 0 Å². The summed E-state index contributed by atoms with van der Waals surface area (Å²) >= 11 is 0. The summed E-state index contributed by atoms with van der Waals surface area (Å²) in [4.78, 5) is 22.4. The number of nitrogens with one attached hydrogen (secondary N) is 1. The van der Waals surface area contributed by atoms with Crippen LogP contribution in [0.4, 0.5) is 18.9 Å². The maximum Gasteiger partial charge on any atom is 0.416 e. The number of carbonyl (C=O) groups is 2. The summed E-state index contributed by atoms with van der Waals surface area (Å²) in [5, 5.41) is 2.12. The molecule has 8 heteroatoms. The molecule has 2 amide bonds. The van der Waals surface area contributed by atoms with Gasteiger partial charge >= 0.3 is 6.18 Å². The van der Waals surface area contributed by atoms with Crippen LogP contribution in [0.1, 0.15) is 5.56 Å². The van der Waals surface area contributed by atoms with Crippen LogP contribution in [-0.4, -0.2) is 25.0 Å². The Hall–Kier alpha value is -2.09. The van der Waals surface area contributed by atoms with E-state index >= 15 is 0 Å². The molecular formula is C11H11F3N2O3. The molecular weight excluding hydrogens is 265 g/mol. The number of alkyl halides is 3. The molecule has 0 aliphatic rings. The summed E-state index contributed by atoms with van der Waals surface area (Å²) in [6.45, 7) is 0. The molecule has 0 radical (unpaired) electrons. The third-order valence-electron chi connectivity index (χ3n) is 2.19. The van der Waals surface area contributed by atoms with Crippen molar-refractivity contribution in [1.29, 1.82) is 0 Å². The number of hydrogen-bond acceptors (Lipinski definition) is 3. The fraction of sp³-hybridized carbons (Fsp3) is 0.273. The Kier molecular flexibility index (Phi) is 4.49. The Morgan fingerprint density at radius 1 is 1.37 bits per heavy atom. The first-order valence-electron chi connectivity index (χ1n) is 5.06. The standard InChI is InChI=1S/C11H11F3N2O3/c1-19-8(9(15)17)10(18)16-7-4-2-3-6(5-7)11(12,13)14/h2-5,8H,1H3,(H2,15,17)(H,16,18). The molecule has 19 heavy (non-hydrogen) atoms. The van der Waals surface area contributed by atoms with Gasteiger partial charge in [-0.2, -0.15) is 13.2 Å². The van der Waals surface area contributed by atoms with E-state index in [4.69, 9.17) is 5.73 Å². The van der Waals surface area contributed by atoms with Crippen molar-refractivity contribution in [2.75, 3.05) is 12.4 Å². The van der Waals surface area contributed by atoms with E-state index in [1.807, 2.05) is 0 Å². The SMILES string of the molecule is COC(C(N)=O)C(=O)Nc1cccc(C(F)(F)F)c1. The summed E-state index contributed by atoms with van der Waals surface area (Å²) in [6, 6.07) is 3.98. The molecule has 1 aromatic rings. The highest BCUT2D eigenvalue weighted by Gasteiger charge is 2.31. The molecule has 104 valence electrons. The molecule has 0 saturated carbocycles. The van der Waals surface area contributed by atoms with Crippen molar-refractivity contribution in [2.45, 2.75) is 12.3 Å². The molecule has 0 aromatic heterocycles. The molecule has 0 bridgehead atoms. The van der Waals surface area contributed by atoms with E-state index in [9.17, 15) is 22.8 Å². The Bertz CT molecular complexity index is 488. The minimum atomic E-state index is -4.52. The molecule has 1 atom stereocenters. The predicted molar refractivity (Wildman–Crippen MR) is 60.1 cm³/mol. The number of rotatable bonds is 4. The van der Waals surface area contributed by atoms with E-state index in [0.29, 0.717) is 0 Å². The normalized spacial score (nSPS) is 12.8. The Balaban J connectivity index is 2.89. The first-order valence-corrected chi connectivity index (χ1v) is 5.06. The van der Waals surface area contributed by atoms with E-state index in [-0.39, 0.29) is 5.69 Å². The second-order valence-corrected chi connectivity index (χ2v) is 3.59. The largest absolute Gasteiger partial charge is 0.416 e. The number of benzene rings is 1. The van der Waals surface area contributed by atoms with Crippen molar-refractivity contribution in [3.05, 3.63) is 29.8 Å². The van der Waals surface area contributed by atoms with Gasteiger partial charge in [0.15, 0.2) is 0 Å². The lowest BCUT2D eigenvalue weighted by Crippen LogP contribution is -2.40. The lowest BCUT2D eigenvalue weighted by Gasteiger charge is -2.13. The van der Waals surface area contributed by atoms with Crippen molar-refractivity contribution < 1.29 is 27.5 Å². The van der Waals surface area contributed by atoms with Gasteiger partial charge < -0.3 is 15.8 Å². The maximum atomic E-state index is 12.4. The molecule has 0 aliphatic carbocycles. The van der Waals surface area contributed by atoms with Gasteiger partial charge in [-0.15, -0.1) is 0 Å². The number of anilines is 1. The first kappa shape index (κ1) is 15.0. The minimum Gasteiger partial charge on any atom is -0.367 e. The van der Waals surface area contributed by atoms with Crippen LogP contribution in [0.5, 0.6) is 0 Å². The monoisotopic (exact) mass is 276 g/mol. The number of carbonyl (C=O) groups excluding carboxylic acids is 2. The fourth-order valence-corrected chi connectivity index (χ4v) is 1.33. The Labute approximate surface area is 106 Å². The van der Waals surface area contributed by atoms with Gasteiger partial charge in [0.25, 0.3) is 11.8 Å². The molecule has 0 heterocycles. The number of ether oxygens (including phenoxy) is 1. The van der Waals surface area contributed by atoms with Crippen LogP contribution in [-0.2, 0) is 20.5 Å². The van der Waals surface area contributed by atoms with E-state index in [1.54, 1.807) is 0 Å². The molecule has 1 unspecified atom stereocenters. The second kappa shape index (κ2) is 5.70. The quantitative estimate of drug-likeness (QED) is 0.809. The van der Waals surface area contributed by atoms with Gasteiger partial charge in [-0.05, 0) is 18.2 Å². The summed E-state index contributed by atoms with van der Waals surface area (Å²) in [5.41, 5.74) is 3.87. The van der Waals surface area contributed by atoms with Crippen molar-refractivity contribution >= 4 is 17.5 Å². The zero-order valence-corrected chi connectivity index (χ0v) is 9.82. The molecule has 0 spiro atoms. The van der Waals surface area contributed by atoms with Crippen molar-refractivity contribution in [3.63, 3.8) is 0 Å². The van der Waals surface area contributed by atoms with Gasteiger partial charge in [0.1, 0.15) is 0 Å². The van der Waals surface area contributed by atoms with Crippen LogP contribution in [0.25, 0.3) is 0 Å². The fourth-order valence-electron chi connectivity index (χ4n) is 1.33. The lowest BCUT2D eigenvalue weighted by molar-refractivity contribution is -0.139. The third-order valence-corrected chi connectivity index (χ3v) is 2.19. The molecule has 0 aliphatic heterocycles. The average molecular weight is 276 g/mol. The maximum absolute atomic E-state index is 12.4. The third kappa shape index (κ3) is 3.95. The molecule has 5 nitrogen and oxygen atoms in total. The van der Waals surface area contributed by atoms with Gasteiger partial charge in [0, 0.05) is 12.8 Å². The lowest BCUT2D eigenvalue weighted by atomic mass is 10.2. The van der Waals surface area contributed by atoms with Gasteiger partial charge in [-0.1, -0.05) is 6.07 Å². The minimum absolute atomic E-state index is 0.108. The molecule has 0 saturated heterocycles. The number of hydrogen-bond donors (Lipinski definition) is 2. The van der Waals surface area contributed by atoms with E-state index in [1.165, 1.54) is 6.07 Å². The molecule has 3 N–H and O–H groups in total. The Morgan fingerprint density at radius 2 is 2.00 bits per heavy atom. The smallest absolute Gasteiger partial charge is 0.367 e. The number of nitrogens with two attached hydrogens (primary N) is 1. The zero-order valence-electron chi connectivity index (χ0n) is 9.82. The molecule has 1 aromatic carbocycles. The van der Waals surface area contributed by atoms with Crippen molar-refractivity contribution in [1.82, 2.24) is 0 Å². The summed E-state index contributed by atoms with van der Waals surface area (Å²) < 4.78 is 41.9. The number of methoxy groups -OCH3 is 1. The molecule has 1 rings (SSSR count). The van der Waals surface area contributed by atoms with Gasteiger partial charge in [0.05, 0.1) is 5.56 Å². The van der Waals surface area contributed by atoms with E-state index in [2.05, 4.69) is 10.1 Å². The van der Waals surface area contributed by atoms with Crippen LogP contribution >= 0.6 is 0 Å². The van der Waals surface area contributed by atoms with Gasteiger partial charge in [0.2, 0.25) is 6.10 Å². The van der Waals surface area contributed by atoms with Gasteiger partial charge in [-0.25, -0.2) is 0 Å². The van der Waals surface area contributed by atoms with Crippen LogP contribution < -0.4 is 11.1 Å². The topological polar surface area (TPSA) is 81.4 Å². The van der Waals surface area contributed by atoms with Crippen molar-refractivity contribution in [2.24, 2.45) is 5.73 Å². The summed E-state index contributed by atoms with van der Waals surface area (Å²) in [7, 11) is 1.08. The summed E-state index contributed by atoms with van der Waals surface area (Å²) in [5.74, 6) is -1.97. The van der Waals surface area contributed by atoms with Crippen LogP contribution in [0.2, 0.25) is 0 Å². The van der Waals surface area contributed by atoms with E-state index in [0.717, 1.165) is 25.3 Å². The van der Waals surface area contributed by atoms with Crippen LogP contribution in [0, 0.1) is 0 Å². The average Bonchev–Trinajstić information content (AvgIpc) is 2.28. The highest BCUT2D eigenvalue weighted by atomic mass is 19.4. The first-order chi connectivity index (χ1) is 8.75. The van der Waals surface area contributed by atoms with E-state index < -0.39 is 29.7 Å². The number of halogens is 3. The highest BCUT2D eigenvalue weighted by Crippen LogP contribution is 2.30. The second-order valence-electron chi connectivity index (χ2n) is 3.59. The van der Waals surface area contributed by atoms with Crippen LogP contribution in [0.3, 0.4) is 0 Å². The number of primary amides is 1. The zero-order chi connectivity index (χ0) is 14.6. The van der Waals surface area contributed by atoms with Crippen LogP contribution in [0.15, 0.2) is 24.3 Å². The Morgan fingerprint density at radius 3 is 2.47 bits per heavy atom. The predicted octanol–water partition coefficient (Wildman–Crippen LogP) is 1.14. The molecule has 0 fully saturated rings. The summed E-state index contributed by atoms with van der Waals surface area (Å²) in [6.07, 6.45) is -6.08. The van der Waals surface area contributed by atoms with Gasteiger partial charge in [-0.3, -0.25) is 9.59 Å². The highest BCUT2D eigenvalue weighted by molar-refractivity contribution is 6.08.